The molecule has 0 fully saturated rings. The average molecular weight is 288 g/mol. The lowest BCUT2D eigenvalue weighted by atomic mass is 9.98. The van der Waals surface area contributed by atoms with Crippen molar-refractivity contribution >= 4 is 17.0 Å². The van der Waals surface area contributed by atoms with Crippen molar-refractivity contribution in [3.63, 3.8) is 0 Å². The van der Waals surface area contributed by atoms with E-state index in [0.717, 1.165) is 6.54 Å². The minimum absolute atomic E-state index is 0.139. The van der Waals surface area contributed by atoms with Crippen LogP contribution in [0.1, 0.15) is 56.0 Å². The lowest BCUT2D eigenvalue weighted by Crippen LogP contribution is -2.09. The monoisotopic (exact) mass is 288 g/mol. The molecule has 1 aromatic carbocycles. The third-order valence-electron chi connectivity index (χ3n) is 3.22. The number of hydrogen-bond donors (Lipinski definition) is 1. The van der Waals surface area contributed by atoms with Gasteiger partial charge in [0.2, 0.25) is 0 Å². The lowest BCUT2D eigenvalue weighted by molar-refractivity contribution is 0.585. The van der Waals surface area contributed by atoms with Gasteiger partial charge in [0, 0.05) is 22.2 Å². The Kier molecular flexibility index (Phi) is 4.48. The van der Waals surface area contributed by atoms with E-state index in [1.165, 1.54) is 21.1 Å². The Balaban J connectivity index is 2.02. The number of thiazole rings is 1. The zero-order valence-corrected chi connectivity index (χ0v) is 13.8. The first-order chi connectivity index (χ1) is 9.36. The highest BCUT2D eigenvalue weighted by Crippen LogP contribution is 2.27. The molecule has 0 aliphatic rings. The summed E-state index contributed by atoms with van der Waals surface area (Å²) in [6.45, 7) is 11.9. The highest BCUT2D eigenvalue weighted by molar-refractivity contribution is 7.11. The van der Waals surface area contributed by atoms with Crippen molar-refractivity contribution in [1.82, 2.24) is 4.98 Å². The van der Waals surface area contributed by atoms with Gasteiger partial charge in [0.15, 0.2) is 0 Å². The van der Waals surface area contributed by atoms with E-state index < -0.39 is 0 Å². The molecular formula is C17H24N2S. The summed E-state index contributed by atoms with van der Waals surface area (Å²) >= 11 is 1.80. The maximum Gasteiger partial charge on any atom is 0.0981 e. The fourth-order valence-electron chi connectivity index (χ4n) is 1.93. The molecule has 2 nitrogen and oxygen atoms in total. The Morgan fingerprint density at radius 1 is 1.25 bits per heavy atom. The molecule has 108 valence electrons. The summed E-state index contributed by atoms with van der Waals surface area (Å²) in [5.74, 6) is 0.563. The van der Waals surface area contributed by atoms with Gasteiger partial charge in [0.25, 0.3) is 0 Å². The number of aromatic nitrogens is 1. The van der Waals surface area contributed by atoms with Crippen LogP contribution in [0.2, 0.25) is 0 Å². The van der Waals surface area contributed by atoms with E-state index >= 15 is 0 Å². The normalized spacial score (nSPS) is 11.9. The summed E-state index contributed by atoms with van der Waals surface area (Å²) in [6, 6.07) is 8.65. The van der Waals surface area contributed by atoms with Gasteiger partial charge in [0.05, 0.1) is 11.6 Å². The van der Waals surface area contributed by atoms with Crippen molar-refractivity contribution in [2.45, 2.75) is 52.5 Å². The van der Waals surface area contributed by atoms with Crippen LogP contribution in [0, 0.1) is 0 Å². The molecule has 2 rings (SSSR count). The minimum atomic E-state index is 0.139. The predicted octanol–water partition coefficient (Wildman–Crippen LogP) is 5.18. The number of benzene rings is 1. The van der Waals surface area contributed by atoms with Gasteiger partial charge in [-0.25, -0.2) is 4.98 Å². The molecule has 0 bridgehead atoms. The van der Waals surface area contributed by atoms with Crippen LogP contribution in [0.3, 0.4) is 0 Å². The Labute approximate surface area is 126 Å². The van der Waals surface area contributed by atoms with Gasteiger partial charge in [-0.1, -0.05) is 46.8 Å². The number of nitrogens with zero attached hydrogens (tertiary/aromatic N) is 1. The molecule has 0 saturated carbocycles. The molecule has 3 heteroatoms. The predicted molar refractivity (Wildman–Crippen MR) is 88.7 cm³/mol. The van der Waals surface area contributed by atoms with E-state index in [1.54, 1.807) is 11.3 Å². The topological polar surface area (TPSA) is 24.9 Å². The van der Waals surface area contributed by atoms with Crippen LogP contribution in [0.4, 0.5) is 5.69 Å². The van der Waals surface area contributed by atoms with E-state index in [4.69, 9.17) is 0 Å². The Morgan fingerprint density at radius 2 is 2.00 bits per heavy atom. The largest absolute Gasteiger partial charge is 0.380 e. The Hall–Kier alpha value is -1.35. The van der Waals surface area contributed by atoms with Gasteiger partial charge >= 0.3 is 0 Å². The molecule has 0 aliphatic heterocycles. The van der Waals surface area contributed by atoms with E-state index in [0.29, 0.717) is 5.92 Å². The second kappa shape index (κ2) is 5.96. The molecule has 2 aromatic rings. The van der Waals surface area contributed by atoms with Crippen molar-refractivity contribution in [2.24, 2.45) is 0 Å². The van der Waals surface area contributed by atoms with Crippen LogP contribution in [0.15, 0.2) is 30.5 Å². The second-order valence-electron chi connectivity index (χ2n) is 6.52. The van der Waals surface area contributed by atoms with E-state index in [9.17, 15) is 0 Å². The first-order valence-corrected chi connectivity index (χ1v) is 7.97. The smallest absolute Gasteiger partial charge is 0.0981 e. The lowest BCUT2D eigenvalue weighted by Gasteiger charge is -2.13. The van der Waals surface area contributed by atoms with E-state index in [-0.39, 0.29) is 5.41 Å². The molecule has 0 unspecified atom stereocenters. The second-order valence-corrected chi connectivity index (χ2v) is 7.63. The van der Waals surface area contributed by atoms with Crippen molar-refractivity contribution in [3.8, 4) is 0 Å². The highest BCUT2D eigenvalue weighted by atomic mass is 32.1. The quantitative estimate of drug-likeness (QED) is 0.839. The Morgan fingerprint density at radius 3 is 2.60 bits per heavy atom. The summed E-state index contributed by atoms with van der Waals surface area (Å²) in [7, 11) is 0. The average Bonchev–Trinajstić information content (AvgIpc) is 2.85. The number of nitrogens with one attached hydrogen (secondary N) is 1. The van der Waals surface area contributed by atoms with Crippen molar-refractivity contribution < 1.29 is 0 Å². The van der Waals surface area contributed by atoms with Crippen LogP contribution in [-0.2, 0) is 12.0 Å². The molecule has 0 amide bonds. The zero-order chi connectivity index (χ0) is 14.8. The standard InChI is InChI=1S/C17H24N2S/c1-12(2)13-7-6-8-14(9-13)18-10-15-11-19-16(20-15)17(3,4)5/h6-9,11-12,18H,10H2,1-5H3. The summed E-state index contributed by atoms with van der Waals surface area (Å²) in [5.41, 5.74) is 2.69. The zero-order valence-electron chi connectivity index (χ0n) is 13.0. The van der Waals surface area contributed by atoms with E-state index in [2.05, 4.69) is 69.2 Å². The summed E-state index contributed by atoms with van der Waals surface area (Å²) < 4.78 is 0. The molecule has 0 spiro atoms. The van der Waals surface area contributed by atoms with Gasteiger partial charge in [-0.15, -0.1) is 11.3 Å². The Bertz CT molecular complexity index is 564. The van der Waals surface area contributed by atoms with Crippen LogP contribution >= 0.6 is 11.3 Å². The first kappa shape index (κ1) is 15.0. The van der Waals surface area contributed by atoms with Crippen molar-refractivity contribution in [3.05, 3.63) is 45.9 Å². The minimum Gasteiger partial charge on any atom is -0.380 e. The van der Waals surface area contributed by atoms with Gasteiger partial charge in [0.1, 0.15) is 0 Å². The molecule has 0 aliphatic carbocycles. The van der Waals surface area contributed by atoms with Crippen LogP contribution < -0.4 is 5.32 Å². The molecule has 0 atom stereocenters. The molecule has 1 N–H and O–H groups in total. The molecule has 1 heterocycles. The SMILES string of the molecule is CC(C)c1cccc(NCc2cnc(C(C)(C)C)s2)c1. The van der Waals surface area contributed by atoms with Crippen LogP contribution in [-0.4, -0.2) is 4.98 Å². The first-order valence-electron chi connectivity index (χ1n) is 7.15. The molecule has 20 heavy (non-hydrogen) atoms. The van der Waals surface area contributed by atoms with Gasteiger partial charge in [-0.05, 0) is 23.6 Å². The van der Waals surface area contributed by atoms with Gasteiger partial charge in [-0.3, -0.25) is 0 Å². The van der Waals surface area contributed by atoms with Crippen molar-refractivity contribution in [2.75, 3.05) is 5.32 Å². The van der Waals surface area contributed by atoms with Crippen molar-refractivity contribution in [1.29, 1.82) is 0 Å². The molecular weight excluding hydrogens is 264 g/mol. The molecule has 0 saturated heterocycles. The summed E-state index contributed by atoms with van der Waals surface area (Å²) in [6.07, 6.45) is 1.99. The van der Waals surface area contributed by atoms with Gasteiger partial charge < -0.3 is 5.32 Å². The fourth-order valence-corrected chi connectivity index (χ4v) is 2.84. The summed E-state index contributed by atoms with van der Waals surface area (Å²) in [5, 5.41) is 4.69. The number of hydrogen-bond acceptors (Lipinski definition) is 3. The third kappa shape index (κ3) is 3.83. The van der Waals surface area contributed by atoms with Crippen LogP contribution in [0.25, 0.3) is 0 Å². The van der Waals surface area contributed by atoms with E-state index in [1.807, 2.05) is 6.20 Å². The summed E-state index contributed by atoms with van der Waals surface area (Å²) in [4.78, 5) is 5.81. The number of rotatable bonds is 4. The number of anilines is 1. The maximum atomic E-state index is 4.52. The maximum absolute atomic E-state index is 4.52. The fraction of sp³-hybridized carbons (Fsp3) is 0.471. The molecule has 1 aromatic heterocycles. The third-order valence-corrected chi connectivity index (χ3v) is 4.64. The van der Waals surface area contributed by atoms with Crippen LogP contribution in [0.5, 0.6) is 0 Å². The highest BCUT2D eigenvalue weighted by Gasteiger charge is 2.17. The molecule has 0 radical (unpaired) electrons. The van der Waals surface area contributed by atoms with Gasteiger partial charge in [-0.2, -0.15) is 0 Å².